The molecule has 0 unspecified atom stereocenters. The Kier molecular flexibility index (Phi) is 4.89. The fourth-order valence-corrected chi connectivity index (χ4v) is 3.27. The maximum Gasteiger partial charge on any atom is 0.344 e. The number of benzene rings is 3. The van der Waals surface area contributed by atoms with Gasteiger partial charge in [-0.3, -0.25) is 4.79 Å². The molecule has 0 atom stereocenters. The lowest BCUT2D eigenvalue weighted by molar-refractivity contribution is -0.144. The molecular formula is C23H17FO4. The van der Waals surface area contributed by atoms with E-state index in [1.54, 1.807) is 12.1 Å². The number of hydrogen-bond acceptors (Lipinski definition) is 4. The summed E-state index contributed by atoms with van der Waals surface area (Å²) >= 11 is 0. The van der Waals surface area contributed by atoms with Crippen LogP contribution < -0.4 is 4.74 Å². The second kappa shape index (κ2) is 7.64. The second-order valence-electron chi connectivity index (χ2n) is 6.51. The van der Waals surface area contributed by atoms with Crippen molar-refractivity contribution in [3.05, 3.63) is 89.2 Å². The molecule has 0 bridgehead atoms. The first-order valence-electron chi connectivity index (χ1n) is 8.89. The van der Waals surface area contributed by atoms with E-state index in [1.807, 2.05) is 30.3 Å². The molecule has 140 valence electrons. The van der Waals surface area contributed by atoms with Crippen molar-refractivity contribution in [1.82, 2.24) is 0 Å². The molecule has 3 aromatic carbocycles. The fraction of sp³-hybridized carbons (Fsp3) is 0.130. The van der Waals surface area contributed by atoms with Gasteiger partial charge in [-0.15, -0.1) is 0 Å². The number of para-hydroxylation sites is 1. The lowest BCUT2D eigenvalue weighted by atomic mass is 10.0. The molecular weight excluding hydrogens is 359 g/mol. The van der Waals surface area contributed by atoms with Gasteiger partial charge in [-0.25, -0.2) is 9.18 Å². The Morgan fingerprint density at radius 1 is 0.857 bits per heavy atom. The number of fused-ring (bicyclic) bond motifs is 3. The summed E-state index contributed by atoms with van der Waals surface area (Å²) in [5, 5.41) is 0. The van der Waals surface area contributed by atoms with E-state index in [-0.39, 0.29) is 18.1 Å². The predicted octanol–water partition coefficient (Wildman–Crippen LogP) is 4.20. The van der Waals surface area contributed by atoms with Crippen molar-refractivity contribution in [2.75, 3.05) is 13.2 Å². The Balaban J connectivity index is 1.36. The van der Waals surface area contributed by atoms with Crippen LogP contribution in [0.5, 0.6) is 5.75 Å². The molecule has 1 aliphatic rings. The average Bonchev–Trinajstić information content (AvgIpc) is 3.09. The van der Waals surface area contributed by atoms with Crippen LogP contribution in [0.1, 0.15) is 21.5 Å². The maximum absolute atomic E-state index is 13.5. The van der Waals surface area contributed by atoms with Crippen LogP contribution in [0.15, 0.2) is 66.7 Å². The van der Waals surface area contributed by atoms with E-state index >= 15 is 0 Å². The number of carbonyl (C=O) groups excluding carboxylic acids is 2. The summed E-state index contributed by atoms with van der Waals surface area (Å²) in [5.74, 6) is -1.64. The van der Waals surface area contributed by atoms with E-state index < -0.39 is 18.4 Å². The topological polar surface area (TPSA) is 52.6 Å². The van der Waals surface area contributed by atoms with Gasteiger partial charge in [-0.05, 0) is 46.9 Å². The smallest absolute Gasteiger partial charge is 0.344 e. The Labute approximate surface area is 161 Å². The number of ether oxygens (including phenoxy) is 2. The highest BCUT2D eigenvalue weighted by Crippen LogP contribution is 2.36. The maximum atomic E-state index is 13.5. The van der Waals surface area contributed by atoms with Gasteiger partial charge < -0.3 is 9.47 Å². The molecule has 28 heavy (non-hydrogen) atoms. The summed E-state index contributed by atoms with van der Waals surface area (Å²) in [4.78, 5) is 24.2. The van der Waals surface area contributed by atoms with E-state index in [9.17, 15) is 14.0 Å². The molecule has 0 aromatic heterocycles. The SMILES string of the molecule is O=C(COc1ccccc1F)OCC(=O)c1ccc2c(c1)-c1ccccc1C2. The number of esters is 1. The first-order valence-corrected chi connectivity index (χ1v) is 8.89. The van der Waals surface area contributed by atoms with Crippen LogP contribution in [-0.4, -0.2) is 25.0 Å². The molecule has 4 rings (SSSR count). The molecule has 3 aromatic rings. The molecule has 0 heterocycles. The predicted molar refractivity (Wildman–Crippen MR) is 102 cm³/mol. The Morgan fingerprint density at radius 2 is 1.61 bits per heavy atom. The summed E-state index contributed by atoms with van der Waals surface area (Å²) < 4.78 is 23.5. The van der Waals surface area contributed by atoms with Gasteiger partial charge in [0.05, 0.1) is 0 Å². The van der Waals surface area contributed by atoms with Crippen LogP contribution in [0.3, 0.4) is 0 Å². The monoisotopic (exact) mass is 376 g/mol. The van der Waals surface area contributed by atoms with Gasteiger partial charge in [0.15, 0.2) is 30.6 Å². The minimum absolute atomic E-state index is 0.0388. The van der Waals surface area contributed by atoms with E-state index in [0.717, 1.165) is 17.5 Å². The molecule has 0 aliphatic heterocycles. The molecule has 0 saturated heterocycles. The zero-order valence-corrected chi connectivity index (χ0v) is 15.0. The Bertz CT molecular complexity index is 1060. The van der Waals surface area contributed by atoms with Crippen LogP contribution in [0.4, 0.5) is 4.39 Å². The molecule has 0 spiro atoms. The third-order valence-corrected chi connectivity index (χ3v) is 4.67. The quantitative estimate of drug-likeness (QED) is 0.374. The Hall–Kier alpha value is -3.47. The molecule has 1 aliphatic carbocycles. The van der Waals surface area contributed by atoms with Crippen molar-refractivity contribution in [2.24, 2.45) is 0 Å². The van der Waals surface area contributed by atoms with Gasteiger partial charge in [-0.1, -0.05) is 48.5 Å². The molecule has 0 N–H and O–H groups in total. The highest BCUT2D eigenvalue weighted by Gasteiger charge is 2.20. The van der Waals surface area contributed by atoms with Crippen LogP contribution in [0, 0.1) is 5.82 Å². The number of hydrogen-bond donors (Lipinski definition) is 0. The lowest BCUT2D eigenvalue weighted by Gasteiger charge is -2.08. The van der Waals surface area contributed by atoms with Gasteiger partial charge in [0.2, 0.25) is 0 Å². The van der Waals surface area contributed by atoms with Gasteiger partial charge in [0.25, 0.3) is 0 Å². The fourth-order valence-electron chi connectivity index (χ4n) is 3.27. The molecule has 5 heteroatoms. The standard InChI is InChI=1S/C23H17FO4/c24-20-7-3-4-8-22(20)27-14-23(26)28-13-21(25)17-10-9-16-11-15-5-1-2-6-18(15)19(16)12-17/h1-10,12H,11,13-14H2. The van der Waals surface area contributed by atoms with E-state index in [1.165, 1.54) is 29.3 Å². The van der Waals surface area contributed by atoms with Gasteiger partial charge >= 0.3 is 5.97 Å². The van der Waals surface area contributed by atoms with Crippen molar-refractivity contribution in [3.8, 4) is 16.9 Å². The molecule has 0 amide bonds. The van der Waals surface area contributed by atoms with Crippen molar-refractivity contribution in [2.45, 2.75) is 6.42 Å². The van der Waals surface area contributed by atoms with E-state index in [4.69, 9.17) is 9.47 Å². The lowest BCUT2D eigenvalue weighted by Crippen LogP contribution is -2.19. The van der Waals surface area contributed by atoms with Crippen molar-refractivity contribution < 1.29 is 23.5 Å². The second-order valence-corrected chi connectivity index (χ2v) is 6.51. The molecule has 4 nitrogen and oxygen atoms in total. The zero-order chi connectivity index (χ0) is 19.5. The van der Waals surface area contributed by atoms with Crippen molar-refractivity contribution >= 4 is 11.8 Å². The number of Topliss-reactive ketones (excluding diaryl/α,β-unsaturated/α-hetero) is 1. The van der Waals surface area contributed by atoms with E-state index in [2.05, 4.69) is 6.07 Å². The van der Waals surface area contributed by atoms with Gasteiger partial charge in [0, 0.05) is 5.56 Å². The first-order chi connectivity index (χ1) is 13.6. The summed E-state index contributed by atoms with van der Waals surface area (Å²) in [6, 6.07) is 19.4. The van der Waals surface area contributed by atoms with Gasteiger partial charge in [-0.2, -0.15) is 0 Å². The highest BCUT2D eigenvalue weighted by atomic mass is 19.1. The third-order valence-electron chi connectivity index (χ3n) is 4.67. The first kappa shape index (κ1) is 17.9. The largest absolute Gasteiger partial charge is 0.479 e. The summed E-state index contributed by atoms with van der Waals surface area (Å²) in [5.41, 5.74) is 5.06. The van der Waals surface area contributed by atoms with Crippen molar-refractivity contribution in [3.63, 3.8) is 0 Å². The van der Waals surface area contributed by atoms with Gasteiger partial charge in [0.1, 0.15) is 0 Å². The van der Waals surface area contributed by atoms with Crippen LogP contribution in [-0.2, 0) is 16.0 Å². The highest BCUT2D eigenvalue weighted by molar-refractivity contribution is 5.99. The number of ketones is 1. The van der Waals surface area contributed by atoms with E-state index in [0.29, 0.717) is 5.56 Å². The molecule has 0 radical (unpaired) electrons. The minimum Gasteiger partial charge on any atom is -0.479 e. The molecule has 0 saturated carbocycles. The average molecular weight is 376 g/mol. The molecule has 0 fully saturated rings. The van der Waals surface area contributed by atoms with Crippen LogP contribution in [0.2, 0.25) is 0 Å². The number of carbonyl (C=O) groups is 2. The van der Waals surface area contributed by atoms with Crippen molar-refractivity contribution in [1.29, 1.82) is 0 Å². The Morgan fingerprint density at radius 3 is 2.46 bits per heavy atom. The van der Waals surface area contributed by atoms with Crippen LogP contribution >= 0.6 is 0 Å². The summed E-state index contributed by atoms with van der Waals surface area (Å²) in [7, 11) is 0. The van der Waals surface area contributed by atoms with Crippen LogP contribution in [0.25, 0.3) is 11.1 Å². The third kappa shape index (κ3) is 3.64. The number of halogens is 1. The number of rotatable bonds is 6. The minimum atomic E-state index is -0.733. The summed E-state index contributed by atoms with van der Waals surface area (Å²) in [6.45, 7) is -0.855. The summed E-state index contributed by atoms with van der Waals surface area (Å²) in [6.07, 6.45) is 0.850. The zero-order valence-electron chi connectivity index (χ0n) is 15.0. The normalized spacial score (nSPS) is 11.5.